The van der Waals surface area contributed by atoms with E-state index in [1.165, 1.54) is 0 Å². The van der Waals surface area contributed by atoms with Gasteiger partial charge in [0.25, 0.3) is 0 Å². The second kappa shape index (κ2) is 8.56. The van der Waals surface area contributed by atoms with Crippen LogP contribution >= 0.6 is 0 Å². The van der Waals surface area contributed by atoms with E-state index in [9.17, 15) is 4.79 Å². The number of hydrogen-bond acceptors (Lipinski definition) is 6. The second-order valence-corrected chi connectivity index (χ2v) is 9.17. The van der Waals surface area contributed by atoms with Crippen LogP contribution < -0.4 is 4.74 Å². The number of cyclic esters (lactones) is 1. The molecule has 1 aromatic heterocycles. The Morgan fingerprint density at radius 2 is 1.91 bits per heavy atom. The second-order valence-electron chi connectivity index (χ2n) is 9.17. The average molecular weight is 471 g/mol. The maximum absolute atomic E-state index is 12.3. The molecule has 6 rings (SSSR count). The number of hydrogen-bond donors (Lipinski definition) is 0. The maximum Gasteiger partial charge on any atom is 0.338 e. The summed E-state index contributed by atoms with van der Waals surface area (Å²) in [6.07, 6.45) is 3.56. The van der Waals surface area contributed by atoms with Gasteiger partial charge in [0.15, 0.2) is 0 Å². The molecule has 0 bridgehead atoms. The van der Waals surface area contributed by atoms with Crippen molar-refractivity contribution in [2.45, 2.75) is 37.8 Å². The first-order valence-corrected chi connectivity index (χ1v) is 11.7. The van der Waals surface area contributed by atoms with E-state index in [2.05, 4.69) is 18.2 Å². The zero-order valence-corrected chi connectivity index (χ0v) is 19.7. The molecule has 0 amide bonds. The van der Waals surface area contributed by atoms with Crippen molar-refractivity contribution in [1.82, 2.24) is 0 Å². The van der Waals surface area contributed by atoms with Crippen LogP contribution in [-0.2, 0) is 33.0 Å². The summed E-state index contributed by atoms with van der Waals surface area (Å²) in [5.41, 5.74) is 4.25. The van der Waals surface area contributed by atoms with Gasteiger partial charge in [-0.1, -0.05) is 18.2 Å². The normalized spacial score (nSPS) is 21.0. The van der Waals surface area contributed by atoms with Crippen molar-refractivity contribution in [1.29, 1.82) is 0 Å². The summed E-state index contributed by atoms with van der Waals surface area (Å²) in [4.78, 5) is 12.3. The first-order valence-electron chi connectivity index (χ1n) is 11.7. The number of ether oxygens (including phenoxy) is 4. The van der Waals surface area contributed by atoms with E-state index in [1.54, 1.807) is 20.5 Å². The Morgan fingerprint density at radius 1 is 1.03 bits per heavy atom. The molecule has 3 aromatic carbocycles. The molecule has 6 nitrogen and oxygen atoms in total. The van der Waals surface area contributed by atoms with E-state index in [-0.39, 0.29) is 24.3 Å². The van der Waals surface area contributed by atoms with Gasteiger partial charge in [-0.3, -0.25) is 0 Å². The summed E-state index contributed by atoms with van der Waals surface area (Å²) >= 11 is 0. The quantitative estimate of drug-likeness (QED) is 0.309. The monoisotopic (exact) mass is 470 g/mol. The van der Waals surface area contributed by atoms with Crippen molar-refractivity contribution in [3.63, 3.8) is 0 Å². The van der Waals surface area contributed by atoms with Gasteiger partial charge >= 0.3 is 5.97 Å². The fourth-order valence-electron chi connectivity index (χ4n) is 5.24. The summed E-state index contributed by atoms with van der Waals surface area (Å²) in [5, 5.41) is 1.89. The number of carbonyl (C=O) groups excluding carboxylic acids is 1. The van der Waals surface area contributed by atoms with Gasteiger partial charge in [0.05, 0.1) is 23.5 Å². The van der Waals surface area contributed by atoms with Crippen molar-refractivity contribution in [2.24, 2.45) is 0 Å². The van der Waals surface area contributed by atoms with E-state index in [0.29, 0.717) is 12.2 Å². The molecular weight excluding hydrogens is 444 g/mol. The van der Waals surface area contributed by atoms with Crippen molar-refractivity contribution in [2.75, 3.05) is 14.2 Å². The minimum Gasteiger partial charge on any atom is -0.489 e. The van der Waals surface area contributed by atoms with Crippen LogP contribution in [0.15, 0.2) is 71.3 Å². The van der Waals surface area contributed by atoms with Gasteiger partial charge in [-0.2, -0.15) is 0 Å². The molecule has 0 spiro atoms. The van der Waals surface area contributed by atoms with Gasteiger partial charge in [-0.05, 0) is 64.4 Å². The Morgan fingerprint density at radius 3 is 2.69 bits per heavy atom. The molecule has 6 heteroatoms. The number of esters is 1. The van der Waals surface area contributed by atoms with Gasteiger partial charge in [0, 0.05) is 38.2 Å². The molecule has 1 aliphatic heterocycles. The largest absolute Gasteiger partial charge is 0.489 e. The van der Waals surface area contributed by atoms with Gasteiger partial charge in [0.1, 0.15) is 24.7 Å². The molecule has 0 unspecified atom stereocenters. The Kier molecular flexibility index (Phi) is 5.35. The molecule has 1 saturated carbocycles. The molecule has 4 aromatic rings. The lowest BCUT2D eigenvalue weighted by atomic mass is 9.72. The summed E-state index contributed by atoms with van der Waals surface area (Å²) in [6, 6.07) is 19.9. The van der Waals surface area contributed by atoms with E-state index in [1.807, 2.05) is 42.5 Å². The van der Waals surface area contributed by atoms with Crippen LogP contribution in [0.2, 0.25) is 0 Å². The topological polar surface area (TPSA) is 67.1 Å². The van der Waals surface area contributed by atoms with Crippen molar-refractivity contribution < 1.29 is 28.2 Å². The van der Waals surface area contributed by atoms with Crippen LogP contribution in [0.4, 0.5) is 0 Å². The van der Waals surface area contributed by atoms with Crippen LogP contribution in [-0.4, -0.2) is 26.3 Å². The third kappa shape index (κ3) is 3.70. The minimum absolute atomic E-state index is 0.234. The number of rotatable bonds is 7. The molecule has 0 N–H and O–H groups in total. The summed E-state index contributed by atoms with van der Waals surface area (Å²) in [7, 11) is 3.50. The van der Waals surface area contributed by atoms with Crippen LogP contribution in [0.1, 0.15) is 39.9 Å². The molecule has 1 fully saturated rings. The highest BCUT2D eigenvalue weighted by Gasteiger charge is 2.46. The predicted octanol–water partition coefficient (Wildman–Crippen LogP) is 6.00. The SMILES string of the molecule is COC1CC(OC)(c2cccc(COc3ccc4c(-c5ccco5)c5c(cc4c3)C(=O)OC5)c2)C1. The minimum atomic E-state index is -0.309. The van der Waals surface area contributed by atoms with Crippen LogP contribution in [0, 0.1) is 0 Å². The van der Waals surface area contributed by atoms with Crippen LogP contribution in [0.5, 0.6) is 5.75 Å². The average Bonchev–Trinajstić information content (AvgIpc) is 3.52. The fourth-order valence-corrected chi connectivity index (χ4v) is 5.24. The smallest absolute Gasteiger partial charge is 0.338 e. The number of furan rings is 1. The van der Waals surface area contributed by atoms with E-state index in [0.717, 1.165) is 57.4 Å². The van der Waals surface area contributed by atoms with Gasteiger partial charge in [-0.25, -0.2) is 4.79 Å². The first kappa shape index (κ1) is 21.9. The maximum atomic E-state index is 12.3. The first-order chi connectivity index (χ1) is 17.1. The Balaban J connectivity index is 1.28. The highest BCUT2D eigenvalue weighted by molar-refractivity contribution is 6.06. The summed E-state index contributed by atoms with van der Waals surface area (Å²) < 4.78 is 28.5. The van der Waals surface area contributed by atoms with E-state index < -0.39 is 0 Å². The van der Waals surface area contributed by atoms with Crippen molar-refractivity contribution in [3.05, 3.63) is 89.2 Å². The highest BCUT2D eigenvalue weighted by atomic mass is 16.5. The summed E-state index contributed by atoms with van der Waals surface area (Å²) in [6.45, 7) is 0.674. The molecule has 1 aliphatic carbocycles. The van der Waals surface area contributed by atoms with Gasteiger partial charge < -0.3 is 23.4 Å². The Bertz CT molecular complexity index is 1400. The molecule has 0 atom stereocenters. The predicted molar refractivity (Wildman–Crippen MR) is 130 cm³/mol. The number of fused-ring (bicyclic) bond motifs is 2. The van der Waals surface area contributed by atoms with Crippen molar-refractivity contribution in [3.8, 4) is 17.1 Å². The molecule has 0 radical (unpaired) electrons. The third-order valence-corrected chi connectivity index (χ3v) is 7.25. The zero-order chi connectivity index (χ0) is 24.0. The number of carbonyl (C=O) groups is 1. The lowest BCUT2D eigenvalue weighted by molar-refractivity contribution is -0.154. The molecule has 2 aliphatic rings. The van der Waals surface area contributed by atoms with Gasteiger partial charge in [-0.15, -0.1) is 0 Å². The Hall–Kier alpha value is -3.61. The van der Waals surface area contributed by atoms with E-state index in [4.69, 9.17) is 23.4 Å². The molecule has 2 heterocycles. The summed E-state index contributed by atoms with van der Waals surface area (Å²) in [5.74, 6) is 1.13. The van der Waals surface area contributed by atoms with E-state index >= 15 is 0 Å². The fraction of sp³-hybridized carbons (Fsp3) is 0.276. The third-order valence-electron chi connectivity index (χ3n) is 7.25. The standard InChI is InChI=1S/C29H26O6/c1-31-22-14-29(15-22,32-2)20-6-3-5-18(11-20)16-34-21-8-9-23-19(12-21)13-24-25(17-35-28(24)30)27(23)26-7-4-10-33-26/h3-13,22H,14-17H2,1-2H3. The molecule has 178 valence electrons. The van der Waals surface area contributed by atoms with Crippen LogP contribution in [0.25, 0.3) is 22.1 Å². The van der Waals surface area contributed by atoms with Crippen molar-refractivity contribution >= 4 is 16.7 Å². The lowest BCUT2D eigenvalue weighted by Gasteiger charge is -2.46. The van der Waals surface area contributed by atoms with Crippen LogP contribution in [0.3, 0.4) is 0 Å². The Labute approximate surface area is 203 Å². The molecule has 35 heavy (non-hydrogen) atoms. The number of methoxy groups -OCH3 is 2. The molecule has 0 saturated heterocycles. The highest BCUT2D eigenvalue weighted by Crippen LogP contribution is 2.46. The lowest BCUT2D eigenvalue weighted by Crippen LogP contribution is -2.47. The van der Waals surface area contributed by atoms with Gasteiger partial charge in [0.2, 0.25) is 0 Å². The zero-order valence-electron chi connectivity index (χ0n) is 19.7. The number of benzene rings is 3. The molecular formula is C29H26O6.